The van der Waals surface area contributed by atoms with Crippen molar-refractivity contribution in [2.24, 2.45) is 0 Å². The maximum Gasteiger partial charge on any atom is 0.278 e. The highest BCUT2D eigenvalue weighted by Crippen LogP contribution is 2.40. The third kappa shape index (κ3) is 7.56. The Kier molecular flexibility index (Phi) is 9.50. The van der Waals surface area contributed by atoms with Crippen LogP contribution < -0.4 is 5.43 Å². The molecule has 0 unspecified atom stereocenters. The molecule has 0 aliphatic heterocycles. The number of benzene rings is 2. The van der Waals surface area contributed by atoms with Crippen molar-refractivity contribution in [2.45, 2.75) is 91.4 Å². The fourth-order valence-electron chi connectivity index (χ4n) is 3.96. The van der Waals surface area contributed by atoms with Crippen molar-refractivity contribution in [3.63, 3.8) is 0 Å². The zero-order chi connectivity index (χ0) is 26.4. The summed E-state index contributed by atoms with van der Waals surface area (Å²) in [6, 6.07) is 10.2. The van der Waals surface area contributed by atoms with E-state index < -0.39 is 5.91 Å². The van der Waals surface area contributed by atoms with Crippen LogP contribution in [0, 0.1) is 0 Å². The van der Waals surface area contributed by atoms with Crippen LogP contribution in [0.5, 0.6) is 11.5 Å². The zero-order valence-electron chi connectivity index (χ0n) is 22.4. The number of hydrogen-bond acceptors (Lipinski definition) is 5. The minimum atomic E-state index is -0.568. The van der Waals surface area contributed by atoms with E-state index in [0.29, 0.717) is 18.7 Å². The van der Waals surface area contributed by atoms with Crippen LogP contribution in [0.15, 0.2) is 36.4 Å². The van der Waals surface area contributed by atoms with Gasteiger partial charge in [0, 0.05) is 13.0 Å². The fourth-order valence-corrected chi connectivity index (χ4v) is 3.96. The van der Waals surface area contributed by atoms with Gasteiger partial charge in [-0.3, -0.25) is 9.59 Å². The SMILES string of the molecule is CCCCCNN(C(=O)CCc1cc(C(C)(C)C)c(O)c(C(C)(C)C)c1)C(=O)c1ccccc1O. The quantitative estimate of drug-likeness (QED) is 0.302. The van der Waals surface area contributed by atoms with E-state index in [4.69, 9.17) is 0 Å². The topological polar surface area (TPSA) is 89.9 Å². The summed E-state index contributed by atoms with van der Waals surface area (Å²) < 4.78 is 0. The number of nitrogens with one attached hydrogen (secondary N) is 1. The van der Waals surface area contributed by atoms with Gasteiger partial charge in [0.1, 0.15) is 11.5 Å². The van der Waals surface area contributed by atoms with Crippen LogP contribution in [0.2, 0.25) is 0 Å². The smallest absolute Gasteiger partial charge is 0.278 e. The van der Waals surface area contributed by atoms with Crippen LogP contribution in [0.1, 0.15) is 101 Å². The highest BCUT2D eigenvalue weighted by atomic mass is 16.3. The Bertz CT molecular complexity index is 997. The monoisotopic (exact) mass is 482 g/mol. The molecule has 2 amide bonds. The van der Waals surface area contributed by atoms with Crippen LogP contribution in [0.25, 0.3) is 0 Å². The number of amides is 2. The Balaban J connectivity index is 2.31. The number of imide groups is 1. The largest absolute Gasteiger partial charge is 0.507 e. The third-order valence-corrected chi connectivity index (χ3v) is 6.05. The molecule has 6 nitrogen and oxygen atoms in total. The summed E-state index contributed by atoms with van der Waals surface area (Å²) in [7, 11) is 0. The van der Waals surface area contributed by atoms with Crippen molar-refractivity contribution in [1.82, 2.24) is 10.4 Å². The number of aromatic hydroxyl groups is 2. The highest BCUT2D eigenvalue weighted by molar-refractivity contribution is 6.05. The maximum atomic E-state index is 13.2. The first kappa shape index (κ1) is 28.4. The second-order valence-electron chi connectivity index (χ2n) is 11.2. The molecule has 0 heterocycles. The minimum absolute atomic E-state index is 0.0820. The van der Waals surface area contributed by atoms with Crippen molar-refractivity contribution >= 4 is 11.8 Å². The van der Waals surface area contributed by atoms with E-state index in [2.05, 4.69) is 53.9 Å². The van der Waals surface area contributed by atoms with Crippen LogP contribution in [0.4, 0.5) is 0 Å². The van der Waals surface area contributed by atoms with Crippen LogP contribution in [0.3, 0.4) is 0 Å². The van der Waals surface area contributed by atoms with Gasteiger partial charge in [0.2, 0.25) is 5.91 Å². The number of nitrogens with zero attached hydrogens (tertiary/aromatic N) is 1. The van der Waals surface area contributed by atoms with E-state index in [0.717, 1.165) is 41.0 Å². The molecule has 0 bridgehead atoms. The van der Waals surface area contributed by atoms with Crippen LogP contribution in [-0.4, -0.2) is 33.6 Å². The van der Waals surface area contributed by atoms with Crippen molar-refractivity contribution in [2.75, 3.05) is 6.54 Å². The maximum absolute atomic E-state index is 13.2. The number of phenolic OH excluding ortho intramolecular Hbond substituents is 2. The van der Waals surface area contributed by atoms with E-state index in [-0.39, 0.29) is 34.5 Å². The van der Waals surface area contributed by atoms with Gasteiger partial charge >= 0.3 is 0 Å². The van der Waals surface area contributed by atoms with Gasteiger partial charge in [-0.25, -0.2) is 10.4 Å². The molecule has 0 saturated heterocycles. The van der Waals surface area contributed by atoms with Crippen molar-refractivity contribution < 1.29 is 19.8 Å². The molecule has 0 aliphatic carbocycles. The van der Waals surface area contributed by atoms with Crippen LogP contribution in [-0.2, 0) is 22.0 Å². The number of phenols is 2. The average Bonchev–Trinajstić information content (AvgIpc) is 2.76. The lowest BCUT2D eigenvalue weighted by Gasteiger charge is -2.28. The molecule has 0 aromatic heterocycles. The van der Waals surface area contributed by atoms with Gasteiger partial charge < -0.3 is 10.2 Å². The molecule has 2 aromatic carbocycles. The molecule has 0 atom stereocenters. The number of rotatable bonds is 9. The van der Waals surface area contributed by atoms with Gasteiger partial charge in [0.25, 0.3) is 5.91 Å². The lowest BCUT2D eigenvalue weighted by molar-refractivity contribution is -0.131. The Labute approximate surface area is 210 Å². The summed E-state index contributed by atoms with van der Waals surface area (Å²) in [5.74, 6) is -0.790. The third-order valence-electron chi connectivity index (χ3n) is 6.05. The van der Waals surface area contributed by atoms with Gasteiger partial charge in [-0.1, -0.05) is 85.6 Å². The van der Waals surface area contributed by atoms with Crippen molar-refractivity contribution in [3.8, 4) is 11.5 Å². The number of aryl methyl sites for hydroxylation is 1. The minimum Gasteiger partial charge on any atom is -0.507 e. The molecule has 0 fully saturated rings. The molecule has 2 rings (SSSR count). The number of hydrogen-bond donors (Lipinski definition) is 3. The summed E-state index contributed by atoms with van der Waals surface area (Å²) in [5, 5.41) is 22.2. The molecule has 3 N–H and O–H groups in total. The summed E-state index contributed by atoms with van der Waals surface area (Å²) in [4.78, 5) is 26.4. The van der Waals surface area contributed by atoms with Crippen molar-refractivity contribution in [1.29, 1.82) is 0 Å². The average molecular weight is 483 g/mol. The number of para-hydroxylation sites is 1. The summed E-state index contributed by atoms with van der Waals surface area (Å²) in [5.41, 5.74) is 5.15. The van der Waals surface area contributed by atoms with Gasteiger partial charge in [-0.2, -0.15) is 0 Å². The predicted molar refractivity (Wildman–Crippen MR) is 141 cm³/mol. The number of hydrazine groups is 1. The van der Waals surface area contributed by atoms with Gasteiger partial charge in [0.05, 0.1) is 5.56 Å². The lowest BCUT2D eigenvalue weighted by Crippen LogP contribution is -2.47. The standard InChI is InChI=1S/C29H42N2O4/c1-8-9-12-17-30-31(27(35)21-13-10-11-14-24(21)32)25(33)16-15-20-18-22(28(2,3)4)26(34)23(19-20)29(5,6)7/h10-11,13-14,18-19,30,32,34H,8-9,12,15-17H2,1-7H3. The fraction of sp³-hybridized carbons (Fsp3) is 0.517. The lowest BCUT2D eigenvalue weighted by atomic mass is 9.78. The number of carbonyl (C=O) groups excluding carboxylic acids is 2. The molecular formula is C29H42N2O4. The summed E-state index contributed by atoms with van der Waals surface area (Å²) in [6.07, 6.45) is 3.37. The molecule has 6 heteroatoms. The van der Waals surface area contributed by atoms with E-state index in [1.165, 1.54) is 12.1 Å². The molecule has 2 aromatic rings. The zero-order valence-corrected chi connectivity index (χ0v) is 22.4. The van der Waals surface area contributed by atoms with Crippen LogP contribution >= 0.6 is 0 Å². The second-order valence-corrected chi connectivity index (χ2v) is 11.2. The Morgan fingerprint density at radius 3 is 2.00 bits per heavy atom. The number of carbonyl (C=O) groups is 2. The van der Waals surface area contributed by atoms with E-state index in [1.807, 2.05) is 12.1 Å². The molecule has 35 heavy (non-hydrogen) atoms. The number of unbranched alkanes of at least 4 members (excludes halogenated alkanes) is 2. The molecule has 192 valence electrons. The van der Waals surface area contributed by atoms with Gasteiger partial charge in [-0.05, 0) is 52.5 Å². The Morgan fingerprint density at radius 2 is 1.49 bits per heavy atom. The molecule has 0 saturated carbocycles. The first-order valence-electron chi connectivity index (χ1n) is 12.5. The molecule has 0 aliphatic rings. The van der Waals surface area contributed by atoms with E-state index in [1.54, 1.807) is 12.1 Å². The Hall–Kier alpha value is -2.86. The van der Waals surface area contributed by atoms with E-state index >= 15 is 0 Å². The molecule has 0 radical (unpaired) electrons. The predicted octanol–water partition coefficient (Wildman–Crippen LogP) is 5.99. The highest BCUT2D eigenvalue weighted by Gasteiger charge is 2.28. The molecular weight excluding hydrogens is 440 g/mol. The normalized spacial score (nSPS) is 12.0. The summed E-state index contributed by atoms with van der Waals surface area (Å²) >= 11 is 0. The van der Waals surface area contributed by atoms with Crippen molar-refractivity contribution in [3.05, 3.63) is 58.7 Å². The summed E-state index contributed by atoms with van der Waals surface area (Å²) in [6.45, 7) is 14.9. The van der Waals surface area contributed by atoms with E-state index in [9.17, 15) is 19.8 Å². The van der Waals surface area contributed by atoms with Gasteiger partial charge in [0.15, 0.2) is 0 Å². The first-order valence-corrected chi connectivity index (χ1v) is 12.5. The second kappa shape index (κ2) is 11.7. The Morgan fingerprint density at radius 1 is 0.914 bits per heavy atom. The first-order chi connectivity index (χ1) is 16.3. The van der Waals surface area contributed by atoms with Gasteiger partial charge in [-0.15, -0.1) is 0 Å². The molecule has 0 spiro atoms.